The average Bonchev–Trinajstić information content (AvgIpc) is 2.63. The molecule has 0 aromatic heterocycles. The van der Waals surface area contributed by atoms with E-state index < -0.39 is 15.8 Å². The number of halogens is 3. The van der Waals surface area contributed by atoms with Crippen LogP contribution in [0.5, 0.6) is 0 Å². The van der Waals surface area contributed by atoms with Crippen molar-refractivity contribution in [1.82, 2.24) is 10.6 Å². The highest BCUT2D eigenvalue weighted by Gasteiger charge is 2.12. The van der Waals surface area contributed by atoms with Crippen molar-refractivity contribution in [3.8, 4) is 0 Å². The zero-order chi connectivity index (χ0) is 20.6. The van der Waals surface area contributed by atoms with Crippen molar-refractivity contribution in [3.63, 3.8) is 0 Å². The third-order valence-electron chi connectivity index (χ3n) is 3.82. The summed E-state index contributed by atoms with van der Waals surface area (Å²) in [5, 5.41) is 5.87. The van der Waals surface area contributed by atoms with E-state index in [0.29, 0.717) is 23.6 Å². The van der Waals surface area contributed by atoms with Gasteiger partial charge in [0.1, 0.15) is 11.6 Å². The summed E-state index contributed by atoms with van der Waals surface area (Å²) >= 11 is 0. The van der Waals surface area contributed by atoms with Crippen molar-refractivity contribution in [2.45, 2.75) is 20.4 Å². The van der Waals surface area contributed by atoms with Gasteiger partial charge in [-0.25, -0.2) is 22.2 Å². The minimum absolute atomic E-state index is 0. The number of rotatable bonds is 8. The second-order valence-corrected chi connectivity index (χ2v) is 7.94. The first-order valence-corrected chi connectivity index (χ1v) is 10.5. The maximum absolute atomic E-state index is 13.7. The highest BCUT2D eigenvalue weighted by atomic mass is 127. The summed E-state index contributed by atoms with van der Waals surface area (Å²) < 4.78 is 53.9. The molecule has 0 radical (unpaired) electrons. The molecule has 160 valence electrons. The first-order valence-electron chi connectivity index (χ1n) is 8.83. The summed E-state index contributed by atoms with van der Waals surface area (Å²) in [7, 11) is -3.67. The van der Waals surface area contributed by atoms with E-state index >= 15 is 0 Å². The Labute approximate surface area is 187 Å². The third-order valence-corrected chi connectivity index (χ3v) is 5.11. The normalized spacial score (nSPS) is 11.5. The molecule has 0 aliphatic rings. The van der Waals surface area contributed by atoms with E-state index in [1.807, 2.05) is 6.92 Å². The molecule has 0 saturated carbocycles. The summed E-state index contributed by atoms with van der Waals surface area (Å²) in [5.74, 6) is -0.693. The molecule has 2 aromatic rings. The Bertz CT molecular complexity index is 940. The van der Waals surface area contributed by atoms with Gasteiger partial charge in [0, 0.05) is 18.7 Å². The second kappa shape index (κ2) is 11.9. The molecule has 0 atom stereocenters. The van der Waals surface area contributed by atoms with Crippen LogP contribution in [-0.4, -0.2) is 33.2 Å². The number of aryl methyl sites for hydroxylation is 1. The van der Waals surface area contributed by atoms with Crippen LogP contribution in [0.2, 0.25) is 0 Å². The van der Waals surface area contributed by atoms with E-state index in [1.165, 1.54) is 18.2 Å². The second-order valence-electron chi connectivity index (χ2n) is 6.10. The van der Waals surface area contributed by atoms with Crippen molar-refractivity contribution in [1.29, 1.82) is 0 Å². The minimum Gasteiger partial charge on any atom is -0.357 e. The van der Waals surface area contributed by atoms with Gasteiger partial charge in [-0.15, -0.1) is 24.0 Å². The van der Waals surface area contributed by atoms with Gasteiger partial charge >= 0.3 is 0 Å². The Balaban J connectivity index is 0.00000420. The molecular formula is C19H25F2IN4O2S. The molecule has 0 bridgehead atoms. The van der Waals surface area contributed by atoms with Crippen molar-refractivity contribution in [3.05, 3.63) is 65.2 Å². The van der Waals surface area contributed by atoms with Gasteiger partial charge in [0.15, 0.2) is 5.96 Å². The maximum Gasteiger partial charge on any atom is 0.234 e. The van der Waals surface area contributed by atoms with Crippen LogP contribution in [-0.2, 0) is 16.6 Å². The standard InChI is InChI=1S/C19H24F2N4O2S.HI/c1-3-22-19(24-13-15-6-4-5-7-17(15)20)23-10-11-28(26,27)25-16-9-8-14(2)18(21)12-16;/h4-9,12,25H,3,10-11,13H2,1-2H3,(H2,22,23,24);1H. The smallest absolute Gasteiger partial charge is 0.234 e. The predicted octanol–water partition coefficient (Wildman–Crippen LogP) is 3.39. The zero-order valence-corrected chi connectivity index (χ0v) is 19.4. The van der Waals surface area contributed by atoms with Crippen LogP contribution in [0.4, 0.5) is 14.5 Å². The minimum atomic E-state index is -3.67. The van der Waals surface area contributed by atoms with Gasteiger partial charge in [-0.3, -0.25) is 4.72 Å². The molecule has 0 aliphatic heterocycles. The molecule has 2 rings (SSSR count). The van der Waals surface area contributed by atoms with E-state index in [0.717, 1.165) is 6.07 Å². The van der Waals surface area contributed by atoms with Crippen LogP contribution in [0, 0.1) is 18.6 Å². The first kappa shape index (κ1) is 25.1. The van der Waals surface area contributed by atoms with Crippen molar-refractivity contribution >= 4 is 45.6 Å². The van der Waals surface area contributed by atoms with E-state index in [9.17, 15) is 17.2 Å². The Morgan fingerprint density at radius 2 is 1.79 bits per heavy atom. The Morgan fingerprint density at radius 3 is 2.45 bits per heavy atom. The Hall–Kier alpha value is -1.95. The van der Waals surface area contributed by atoms with Crippen LogP contribution in [0.25, 0.3) is 0 Å². The van der Waals surface area contributed by atoms with Gasteiger partial charge in [-0.05, 0) is 37.6 Å². The lowest BCUT2D eigenvalue weighted by Gasteiger charge is -2.13. The Kier molecular flexibility index (Phi) is 10.3. The summed E-state index contributed by atoms with van der Waals surface area (Å²) in [6.45, 7) is 4.23. The van der Waals surface area contributed by atoms with Gasteiger partial charge in [-0.1, -0.05) is 24.3 Å². The third kappa shape index (κ3) is 8.52. The lowest BCUT2D eigenvalue weighted by Crippen LogP contribution is -2.40. The predicted molar refractivity (Wildman–Crippen MR) is 123 cm³/mol. The molecule has 0 saturated heterocycles. The molecule has 2 aromatic carbocycles. The molecule has 6 nitrogen and oxygen atoms in total. The number of guanidine groups is 1. The lowest BCUT2D eigenvalue weighted by atomic mass is 10.2. The number of aliphatic imine (C=N–C) groups is 1. The molecule has 0 spiro atoms. The Morgan fingerprint density at radius 1 is 1.07 bits per heavy atom. The van der Waals surface area contributed by atoms with E-state index in [-0.39, 0.29) is 54.3 Å². The van der Waals surface area contributed by atoms with Crippen molar-refractivity contribution in [2.24, 2.45) is 4.99 Å². The van der Waals surface area contributed by atoms with Crippen molar-refractivity contribution < 1.29 is 17.2 Å². The number of anilines is 1. The van der Waals surface area contributed by atoms with E-state index in [1.54, 1.807) is 25.1 Å². The van der Waals surface area contributed by atoms with Crippen LogP contribution < -0.4 is 15.4 Å². The summed E-state index contributed by atoms with van der Waals surface area (Å²) in [6, 6.07) is 10.5. The molecule has 0 aliphatic carbocycles. The fourth-order valence-corrected chi connectivity index (χ4v) is 3.28. The van der Waals surface area contributed by atoms with E-state index in [4.69, 9.17) is 0 Å². The number of benzene rings is 2. The van der Waals surface area contributed by atoms with E-state index in [2.05, 4.69) is 20.3 Å². The quantitative estimate of drug-likeness (QED) is 0.274. The largest absolute Gasteiger partial charge is 0.357 e. The number of nitrogens with one attached hydrogen (secondary N) is 3. The summed E-state index contributed by atoms with van der Waals surface area (Å²) in [4.78, 5) is 4.26. The zero-order valence-electron chi connectivity index (χ0n) is 16.2. The van der Waals surface area contributed by atoms with Crippen LogP contribution in [0.15, 0.2) is 47.5 Å². The van der Waals surface area contributed by atoms with Gasteiger partial charge < -0.3 is 10.6 Å². The number of sulfonamides is 1. The SMILES string of the molecule is CCNC(=NCc1ccccc1F)NCCS(=O)(=O)Nc1ccc(C)c(F)c1.I. The average molecular weight is 538 g/mol. The molecule has 0 unspecified atom stereocenters. The number of nitrogens with zero attached hydrogens (tertiary/aromatic N) is 1. The van der Waals surface area contributed by atoms with Crippen LogP contribution >= 0.6 is 24.0 Å². The van der Waals surface area contributed by atoms with Gasteiger partial charge in [0.05, 0.1) is 18.0 Å². The topological polar surface area (TPSA) is 82.6 Å². The van der Waals surface area contributed by atoms with Gasteiger partial charge in [0.25, 0.3) is 0 Å². The molecular weight excluding hydrogens is 513 g/mol. The lowest BCUT2D eigenvalue weighted by molar-refractivity contribution is 0.599. The molecule has 0 fully saturated rings. The molecule has 29 heavy (non-hydrogen) atoms. The number of hydrogen-bond donors (Lipinski definition) is 3. The summed E-state index contributed by atoms with van der Waals surface area (Å²) in [6.07, 6.45) is 0. The highest BCUT2D eigenvalue weighted by Crippen LogP contribution is 2.14. The monoisotopic (exact) mass is 538 g/mol. The first-order chi connectivity index (χ1) is 13.3. The number of hydrogen-bond acceptors (Lipinski definition) is 3. The summed E-state index contributed by atoms with van der Waals surface area (Å²) in [5.41, 5.74) is 1.05. The molecule has 0 amide bonds. The van der Waals surface area contributed by atoms with Crippen LogP contribution in [0.1, 0.15) is 18.1 Å². The fourth-order valence-electron chi connectivity index (χ4n) is 2.32. The molecule has 10 heteroatoms. The fraction of sp³-hybridized carbons (Fsp3) is 0.316. The molecule has 3 N–H and O–H groups in total. The van der Waals surface area contributed by atoms with Gasteiger partial charge in [-0.2, -0.15) is 0 Å². The van der Waals surface area contributed by atoms with Crippen LogP contribution in [0.3, 0.4) is 0 Å². The molecule has 0 heterocycles. The van der Waals surface area contributed by atoms with Gasteiger partial charge in [0.2, 0.25) is 10.0 Å². The highest BCUT2D eigenvalue weighted by molar-refractivity contribution is 14.0. The van der Waals surface area contributed by atoms with Crippen molar-refractivity contribution in [2.75, 3.05) is 23.6 Å². The maximum atomic E-state index is 13.7.